The van der Waals surface area contributed by atoms with Crippen molar-refractivity contribution < 1.29 is 13.9 Å². The monoisotopic (exact) mass is 339 g/mol. The molecule has 4 aromatic rings. The van der Waals surface area contributed by atoms with E-state index in [4.69, 9.17) is 0 Å². The molecule has 0 saturated heterocycles. The van der Waals surface area contributed by atoms with Crippen LogP contribution < -0.4 is 0 Å². The van der Waals surface area contributed by atoms with Gasteiger partial charge < -0.3 is 9.72 Å². The Labute approximate surface area is 141 Å². The first-order valence-corrected chi connectivity index (χ1v) is 7.55. The highest BCUT2D eigenvalue weighted by Crippen LogP contribution is 2.30. The molecule has 3 aromatic heterocycles. The smallest absolute Gasteiger partial charge is 0.338 e. The summed E-state index contributed by atoms with van der Waals surface area (Å²) in [5.41, 5.74) is 4.22. The van der Waals surface area contributed by atoms with Crippen LogP contribution in [0.25, 0.3) is 33.2 Å². The van der Waals surface area contributed by atoms with E-state index in [0.29, 0.717) is 21.9 Å². The van der Waals surface area contributed by atoms with Crippen molar-refractivity contribution in [3.63, 3.8) is 0 Å². The standard InChI is InChI=1S/C17H14FN5O2/c1-8-16(23(2)22-21-8)10-6-13-15(19-7-10)14-11(18)4-9(17(24)25-3)5-12(14)20-13/h4-7,20H,1-3H3. The van der Waals surface area contributed by atoms with E-state index in [9.17, 15) is 9.18 Å². The molecule has 0 saturated carbocycles. The van der Waals surface area contributed by atoms with Crippen LogP contribution >= 0.6 is 0 Å². The van der Waals surface area contributed by atoms with Crippen LogP contribution in [0.5, 0.6) is 0 Å². The summed E-state index contributed by atoms with van der Waals surface area (Å²) < 4.78 is 20.8. The molecule has 1 aromatic carbocycles. The maximum atomic E-state index is 14.5. The topological polar surface area (TPSA) is 85.7 Å². The maximum absolute atomic E-state index is 14.5. The SMILES string of the molecule is COC(=O)c1cc(F)c2c(c1)[nH]c1cc(-c3c(C)nnn3C)cnc12. The second-order valence-corrected chi connectivity index (χ2v) is 5.76. The number of pyridine rings is 1. The summed E-state index contributed by atoms with van der Waals surface area (Å²) >= 11 is 0. The van der Waals surface area contributed by atoms with Crippen molar-refractivity contribution in [2.24, 2.45) is 7.05 Å². The molecule has 126 valence electrons. The molecule has 0 fully saturated rings. The van der Waals surface area contributed by atoms with Gasteiger partial charge in [0.25, 0.3) is 0 Å². The van der Waals surface area contributed by atoms with E-state index in [-0.39, 0.29) is 5.56 Å². The predicted molar refractivity (Wildman–Crippen MR) is 89.6 cm³/mol. The molecule has 4 rings (SSSR count). The van der Waals surface area contributed by atoms with E-state index in [1.807, 2.05) is 13.0 Å². The van der Waals surface area contributed by atoms with Crippen LogP contribution in [0.2, 0.25) is 0 Å². The molecule has 0 unspecified atom stereocenters. The average molecular weight is 339 g/mol. The molecule has 0 radical (unpaired) electrons. The average Bonchev–Trinajstić information content (AvgIpc) is 3.13. The van der Waals surface area contributed by atoms with Gasteiger partial charge in [0.1, 0.15) is 5.82 Å². The molecule has 0 atom stereocenters. The molecule has 25 heavy (non-hydrogen) atoms. The number of H-pyrrole nitrogens is 1. The van der Waals surface area contributed by atoms with Gasteiger partial charge in [-0.15, -0.1) is 5.10 Å². The Balaban J connectivity index is 1.96. The summed E-state index contributed by atoms with van der Waals surface area (Å²) in [7, 11) is 3.06. The molecule has 1 N–H and O–H groups in total. The molecular weight excluding hydrogens is 325 g/mol. The minimum atomic E-state index is -0.593. The third-order valence-electron chi connectivity index (χ3n) is 4.17. The first-order chi connectivity index (χ1) is 12.0. The summed E-state index contributed by atoms with van der Waals surface area (Å²) in [6.45, 7) is 1.86. The molecule has 0 spiro atoms. The Hall–Kier alpha value is -3.29. The Morgan fingerprint density at radius 3 is 2.76 bits per heavy atom. The van der Waals surface area contributed by atoms with E-state index in [0.717, 1.165) is 23.0 Å². The lowest BCUT2D eigenvalue weighted by Crippen LogP contribution is -2.01. The van der Waals surface area contributed by atoms with Crippen molar-refractivity contribution in [3.8, 4) is 11.3 Å². The van der Waals surface area contributed by atoms with E-state index in [1.165, 1.54) is 7.11 Å². The van der Waals surface area contributed by atoms with E-state index in [2.05, 4.69) is 25.0 Å². The fraction of sp³-hybridized carbons (Fsp3) is 0.176. The van der Waals surface area contributed by atoms with Gasteiger partial charge in [0, 0.05) is 18.8 Å². The van der Waals surface area contributed by atoms with Crippen LogP contribution in [0.4, 0.5) is 4.39 Å². The Morgan fingerprint density at radius 2 is 2.08 bits per heavy atom. The number of methoxy groups -OCH3 is 1. The lowest BCUT2D eigenvalue weighted by molar-refractivity contribution is 0.0600. The zero-order valence-corrected chi connectivity index (χ0v) is 13.8. The molecule has 7 nitrogen and oxygen atoms in total. The summed E-state index contributed by atoms with van der Waals surface area (Å²) in [5, 5.41) is 8.36. The molecule has 0 aliphatic rings. The number of carbonyl (C=O) groups excluding carboxylic acids is 1. The van der Waals surface area contributed by atoms with Crippen LogP contribution in [0, 0.1) is 12.7 Å². The minimum absolute atomic E-state index is 0.144. The van der Waals surface area contributed by atoms with Crippen LogP contribution in [0.1, 0.15) is 16.1 Å². The Kier molecular flexibility index (Phi) is 3.28. The zero-order chi connectivity index (χ0) is 17.7. The highest BCUT2D eigenvalue weighted by Gasteiger charge is 2.17. The largest absolute Gasteiger partial charge is 0.465 e. The summed E-state index contributed by atoms with van der Waals surface area (Å²) in [6, 6.07) is 4.58. The van der Waals surface area contributed by atoms with Gasteiger partial charge in [0.15, 0.2) is 0 Å². The van der Waals surface area contributed by atoms with Crippen LogP contribution in [-0.2, 0) is 11.8 Å². The van der Waals surface area contributed by atoms with Crippen LogP contribution in [0.3, 0.4) is 0 Å². The van der Waals surface area contributed by atoms with Gasteiger partial charge in [-0.2, -0.15) is 0 Å². The minimum Gasteiger partial charge on any atom is -0.465 e. The number of fused-ring (bicyclic) bond motifs is 3. The van der Waals surface area contributed by atoms with Crippen molar-refractivity contribution in [1.82, 2.24) is 25.0 Å². The third-order valence-corrected chi connectivity index (χ3v) is 4.17. The number of benzene rings is 1. The number of aromatic amines is 1. The van der Waals surface area contributed by atoms with Gasteiger partial charge in [0.05, 0.1) is 46.0 Å². The molecule has 0 bridgehead atoms. The van der Waals surface area contributed by atoms with Gasteiger partial charge >= 0.3 is 5.97 Å². The highest BCUT2D eigenvalue weighted by atomic mass is 19.1. The Morgan fingerprint density at radius 1 is 1.28 bits per heavy atom. The molecule has 0 aliphatic heterocycles. The second kappa shape index (κ2) is 5.37. The number of carbonyl (C=O) groups is 1. The summed E-state index contributed by atoms with van der Waals surface area (Å²) in [6.07, 6.45) is 1.66. The lowest BCUT2D eigenvalue weighted by Gasteiger charge is -2.02. The van der Waals surface area contributed by atoms with Crippen LogP contribution in [0.15, 0.2) is 24.4 Å². The normalized spacial score (nSPS) is 11.4. The Bertz CT molecular complexity index is 1130. The molecular formula is C17H14FN5O2. The van der Waals surface area contributed by atoms with Crippen molar-refractivity contribution in [1.29, 1.82) is 0 Å². The van der Waals surface area contributed by atoms with Crippen molar-refractivity contribution in [2.75, 3.05) is 7.11 Å². The van der Waals surface area contributed by atoms with Gasteiger partial charge in [-0.1, -0.05) is 5.21 Å². The number of ether oxygens (including phenoxy) is 1. The van der Waals surface area contributed by atoms with Crippen molar-refractivity contribution >= 4 is 27.9 Å². The second-order valence-electron chi connectivity index (χ2n) is 5.76. The number of nitrogens with one attached hydrogen (secondary N) is 1. The number of aryl methyl sites for hydroxylation is 2. The van der Waals surface area contributed by atoms with Gasteiger partial charge in [-0.05, 0) is 25.1 Å². The summed E-state index contributed by atoms with van der Waals surface area (Å²) in [4.78, 5) is 19.2. The van der Waals surface area contributed by atoms with Crippen molar-refractivity contribution in [2.45, 2.75) is 6.92 Å². The zero-order valence-electron chi connectivity index (χ0n) is 13.8. The molecule has 0 aliphatic carbocycles. The van der Waals surface area contributed by atoms with Crippen molar-refractivity contribution in [3.05, 3.63) is 41.5 Å². The number of nitrogens with zero attached hydrogens (tertiary/aromatic N) is 4. The number of esters is 1. The maximum Gasteiger partial charge on any atom is 0.338 e. The van der Waals surface area contributed by atoms with Crippen LogP contribution in [-0.4, -0.2) is 38.0 Å². The summed E-state index contributed by atoms with van der Waals surface area (Å²) in [5.74, 6) is -1.12. The van der Waals surface area contributed by atoms with E-state index in [1.54, 1.807) is 24.0 Å². The first-order valence-electron chi connectivity index (χ1n) is 7.55. The first kappa shape index (κ1) is 15.3. The van der Waals surface area contributed by atoms with Gasteiger partial charge in [0.2, 0.25) is 0 Å². The molecule has 3 heterocycles. The molecule has 0 amide bonds. The van der Waals surface area contributed by atoms with E-state index >= 15 is 0 Å². The van der Waals surface area contributed by atoms with Gasteiger partial charge in [-0.25, -0.2) is 13.9 Å². The van der Waals surface area contributed by atoms with E-state index < -0.39 is 11.8 Å². The number of halogens is 1. The third kappa shape index (κ3) is 2.25. The van der Waals surface area contributed by atoms with Gasteiger partial charge in [-0.3, -0.25) is 4.98 Å². The number of hydrogen-bond donors (Lipinski definition) is 1. The fourth-order valence-electron chi connectivity index (χ4n) is 3.07. The highest BCUT2D eigenvalue weighted by molar-refractivity contribution is 6.08. The number of hydrogen-bond acceptors (Lipinski definition) is 5. The molecule has 8 heteroatoms. The number of rotatable bonds is 2. The lowest BCUT2D eigenvalue weighted by atomic mass is 10.1. The quantitative estimate of drug-likeness (QED) is 0.568. The fourth-order valence-corrected chi connectivity index (χ4v) is 3.07. The predicted octanol–water partition coefficient (Wildman–Crippen LogP) is 2.75. The number of aromatic nitrogens is 5.